The van der Waals surface area contributed by atoms with Crippen molar-refractivity contribution in [1.82, 2.24) is 29.4 Å². The summed E-state index contributed by atoms with van der Waals surface area (Å²) in [5.74, 6) is 0.706. The molecule has 0 aliphatic carbocycles. The zero-order valence-corrected chi connectivity index (χ0v) is 27.0. The summed E-state index contributed by atoms with van der Waals surface area (Å²) in [6, 6.07) is 4.80. The summed E-state index contributed by atoms with van der Waals surface area (Å²) in [6.07, 6.45) is 1.54. The number of H-pyrrole nitrogens is 1. The Morgan fingerprint density at radius 1 is 1.15 bits per heavy atom. The number of fused-ring (bicyclic) bond motifs is 1. The molecule has 0 unspecified atom stereocenters. The minimum absolute atomic E-state index is 0. The van der Waals surface area contributed by atoms with Gasteiger partial charge in [0.15, 0.2) is 5.52 Å². The summed E-state index contributed by atoms with van der Waals surface area (Å²) >= 11 is 0. The van der Waals surface area contributed by atoms with Crippen LogP contribution in [0.2, 0.25) is 0 Å². The number of sulfonamides is 1. The van der Waals surface area contributed by atoms with E-state index in [1.807, 2.05) is 27.7 Å². The van der Waals surface area contributed by atoms with Gasteiger partial charge in [0.1, 0.15) is 17.1 Å². The van der Waals surface area contributed by atoms with Gasteiger partial charge in [0.2, 0.25) is 20.4 Å². The molecule has 17 heteroatoms. The van der Waals surface area contributed by atoms with Crippen molar-refractivity contribution in [2.24, 2.45) is 7.05 Å². The summed E-state index contributed by atoms with van der Waals surface area (Å²) in [4.78, 5) is 20.6. The molecular formula is C23H33N6NaO8S2. The Bertz CT molecular complexity index is 1590. The fraction of sp³-hybridized carbons (Fsp3) is 0.522. The first kappa shape index (κ1) is 34.3. The van der Waals surface area contributed by atoms with Crippen molar-refractivity contribution in [1.29, 1.82) is 0 Å². The monoisotopic (exact) mass is 608 g/mol. The molecule has 1 aliphatic rings. The number of aromatic amines is 1. The van der Waals surface area contributed by atoms with Gasteiger partial charge in [0.25, 0.3) is 5.56 Å². The van der Waals surface area contributed by atoms with Gasteiger partial charge in [-0.25, -0.2) is 21.8 Å². The molecule has 2 aromatic heterocycles. The smallest absolute Gasteiger partial charge is 0.726 e. The molecule has 1 fully saturated rings. The Labute approximate surface area is 255 Å². The maximum atomic E-state index is 13.5. The van der Waals surface area contributed by atoms with Crippen molar-refractivity contribution in [3.63, 3.8) is 0 Å². The van der Waals surface area contributed by atoms with E-state index in [0.29, 0.717) is 48.5 Å². The molecule has 1 aliphatic heterocycles. The van der Waals surface area contributed by atoms with Crippen molar-refractivity contribution in [3.05, 3.63) is 34.2 Å². The Kier molecular flexibility index (Phi) is 11.9. The van der Waals surface area contributed by atoms with Crippen LogP contribution in [0, 0.1) is 0 Å². The van der Waals surface area contributed by atoms with Crippen LogP contribution in [0.3, 0.4) is 0 Å². The minimum atomic E-state index is -4.92. The van der Waals surface area contributed by atoms with Crippen LogP contribution in [0.4, 0.5) is 0 Å². The van der Waals surface area contributed by atoms with Gasteiger partial charge in [-0.15, -0.1) is 0 Å². The molecule has 14 nitrogen and oxygen atoms in total. The van der Waals surface area contributed by atoms with Crippen LogP contribution in [-0.4, -0.2) is 81.8 Å². The number of benzene rings is 1. The van der Waals surface area contributed by atoms with Gasteiger partial charge < -0.3 is 19.6 Å². The number of hydrogen-bond donors (Lipinski definition) is 3. The summed E-state index contributed by atoms with van der Waals surface area (Å²) in [5, 5.41) is 7.81. The third-order valence-corrected chi connectivity index (χ3v) is 7.74. The van der Waals surface area contributed by atoms with E-state index in [1.165, 1.54) is 15.1 Å². The van der Waals surface area contributed by atoms with Crippen LogP contribution in [0.25, 0.3) is 22.4 Å². The van der Waals surface area contributed by atoms with Crippen molar-refractivity contribution in [2.75, 3.05) is 19.7 Å². The number of hydrogen-bond acceptors (Lipinski definition) is 10. The molecule has 0 radical (unpaired) electrons. The number of rotatable bonds is 7. The first-order valence-corrected chi connectivity index (χ1v) is 15.1. The average Bonchev–Trinajstić information content (AvgIpc) is 3.13. The largest absolute Gasteiger partial charge is 1.00 e. The molecule has 3 aromatic rings. The summed E-state index contributed by atoms with van der Waals surface area (Å²) in [6.45, 7) is 8.96. The van der Waals surface area contributed by atoms with E-state index in [0.717, 1.165) is 12.1 Å². The normalized spacial score (nSPS) is 18.1. The maximum absolute atomic E-state index is 13.5. The average molecular weight is 609 g/mol. The van der Waals surface area contributed by atoms with E-state index in [-0.39, 0.29) is 57.9 Å². The molecule has 216 valence electrons. The molecule has 0 bridgehead atoms. The van der Waals surface area contributed by atoms with Gasteiger partial charge in [0, 0.05) is 32.2 Å². The van der Waals surface area contributed by atoms with Gasteiger partial charge in [-0.05, 0) is 45.4 Å². The molecule has 0 spiro atoms. The van der Waals surface area contributed by atoms with E-state index in [9.17, 15) is 13.2 Å². The van der Waals surface area contributed by atoms with Crippen LogP contribution in [0.15, 0.2) is 27.9 Å². The molecule has 1 aromatic carbocycles. The third-order valence-electron chi connectivity index (χ3n) is 5.92. The topological polar surface area (TPSA) is 200 Å². The van der Waals surface area contributed by atoms with E-state index in [4.69, 9.17) is 27.2 Å². The first-order valence-electron chi connectivity index (χ1n) is 12.3. The van der Waals surface area contributed by atoms with Gasteiger partial charge in [0.05, 0.1) is 22.8 Å². The van der Waals surface area contributed by atoms with Gasteiger partial charge in [-0.3, -0.25) is 14.0 Å². The van der Waals surface area contributed by atoms with Crippen LogP contribution < -0.4 is 45.2 Å². The molecule has 3 heterocycles. The number of nitrogens with zero attached hydrogens (tertiary/aromatic N) is 4. The fourth-order valence-electron chi connectivity index (χ4n) is 4.54. The Balaban J connectivity index is 0.000000858. The van der Waals surface area contributed by atoms with Gasteiger partial charge in [-0.1, -0.05) is 13.3 Å². The quantitative estimate of drug-likeness (QED) is 0.153. The van der Waals surface area contributed by atoms with Crippen LogP contribution in [0.5, 0.6) is 5.75 Å². The zero-order chi connectivity index (χ0) is 29.1. The van der Waals surface area contributed by atoms with Gasteiger partial charge in [-0.2, -0.15) is 9.40 Å². The van der Waals surface area contributed by atoms with Crippen molar-refractivity contribution in [2.45, 2.75) is 57.5 Å². The molecule has 40 heavy (non-hydrogen) atoms. The second-order valence-corrected chi connectivity index (χ2v) is 12.0. The van der Waals surface area contributed by atoms with Crippen molar-refractivity contribution >= 4 is 31.5 Å². The van der Waals surface area contributed by atoms with E-state index < -0.39 is 20.4 Å². The maximum Gasteiger partial charge on any atom is 1.00 e. The number of aromatic nitrogens is 4. The number of nitrogens with one attached hydrogen (secondary N) is 2. The molecule has 2 atom stereocenters. The van der Waals surface area contributed by atoms with Crippen molar-refractivity contribution in [3.8, 4) is 17.1 Å². The van der Waals surface area contributed by atoms with Crippen molar-refractivity contribution < 1.29 is 60.2 Å². The Morgan fingerprint density at radius 3 is 2.30 bits per heavy atom. The number of piperazine rings is 1. The first-order chi connectivity index (χ1) is 18.1. The minimum Gasteiger partial charge on any atom is -0.726 e. The number of ether oxygens (including phenoxy) is 1. The SMILES string of the molecule is CCCc1nn(C)c2c(=O)[nH]c(-c3cc(S(=O)(=O)N4C[C@@H](C)N[C@@H](C)C4)ccc3OCC)nc12.O=S(=O)([O-])O.[Na+]. The van der Waals surface area contributed by atoms with Gasteiger partial charge >= 0.3 is 29.6 Å². The second-order valence-electron chi connectivity index (χ2n) is 9.24. The van der Waals surface area contributed by atoms with E-state index >= 15 is 0 Å². The Morgan fingerprint density at radius 2 is 1.75 bits per heavy atom. The standard InChI is InChI=1S/C23H32N6O4S.Na.H2O4S/c1-6-8-18-20-21(28(5)27-18)23(30)26-22(25-20)17-11-16(9-10-19(17)33-7-2)34(31,32)29-12-14(3)24-15(4)13-29;;1-5(2,3)4/h9-11,14-15,24H,6-8,12-13H2,1-5H3,(H,25,26,30);;(H2,1,2,3,4)/q;+1;/p-1/t14-,15+;;. The molecule has 1 saturated heterocycles. The van der Waals surface area contributed by atoms with E-state index in [1.54, 1.807) is 19.2 Å². The van der Waals surface area contributed by atoms with E-state index in [2.05, 4.69) is 15.4 Å². The number of aryl methyl sites for hydroxylation is 2. The third kappa shape index (κ3) is 8.33. The summed E-state index contributed by atoms with van der Waals surface area (Å²) < 4.78 is 68.6. The summed E-state index contributed by atoms with van der Waals surface area (Å²) in [7, 11) is -6.96. The predicted octanol–water partition coefficient (Wildman–Crippen LogP) is -1.95. The predicted molar refractivity (Wildman–Crippen MR) is 143 cm³/mol. The summed E-state index contributed by atoms with van der Waals surface area (Å²) in [5.41, 5.74) is 1.72. The van der Waals surface area contributed by atoms with Crippen LogP contribution in [0.1, 0.15) is 39.8 Å². The molecular weight excluding hydrogens is 575 g/mol. The second kappa shape index (κ2) is 13.8. The molecule has 4 rings (SSSR count). The molecule has 3 N–H and O–H groups in total. The Hall–Kier alpha value is -1.89. The fourth-order valence-corrected chi connectivity index (χ4v) is 6.18. The van der Waals surface area contributed by atoms with Crippen LogP contribution >= 0.6 is 0 Å². The van der Waals surface area contributed by atoms with Crippen LogP contribution in [-0.2, 0) is 33.9 Å². The molecule has 0 amide bonds. The molecule has 0 saturated carbocycles. The zero-order valence-electron chi connectivity index (χ0n) is 23.3.